The minimum atomic E-state index is -4.99. The normalized spacial score (nSPS) is 21.5. The Hall–Kier alpha value is -1.41. The van der Waals surface area contributed by atoms with Crippen LogP contribution in [0.2, 0.25) is 0 Å². The van der Waals surface area contributed by atoms with Crippen molar-refractivity contribution in [2.45, 2.75) is 44.5 Å². The van der Waals surface area contributed by atoms with E-state index in [1.807, 2.05) is 6.92 Å². The van der Waals surface area contributed by atoms with Crippen molar-refractivity contribution in [2.75, 3.05) is 0 Å². The molecule has 2 rings (SSSR count). The summed E-state index contributed by atoms with van der Waals surface area (Å²) in [5.74, 6) is -0.983. The Morgan fingerprint density at radius 3 is 2.52 bits per heavy atom. The van der Waals surface area contributed by atoms with Gasteiger partial charge in [-0.05, 0) is 37.1 Å². The highest BCUT2D eigenvalue weighted by molar-refractivity contribution is 9.10. The van der Waals surface area contributed by atoms with Crippen molar-refractivity contribution >= 4 is 27.5 Å². The predicted molar refractivity (Wildman–Crippen MR) is 82.9 cm³/mol. The first-order valence-corrected chi connectivity index (χ1v) is 7.94. The highest BCUT2D eigenvalue weighted by atomic mass is 79.9. The average molecular weight is 393 g/mol. The van der Waals surface area contributed by atoms with E-state index in [1.165, 1.54) is 24.3 Å². The third kappa shape index (κ3) is 3.58. The van der Waals surface area contributed by atoms with Gasteiger partial charge in [-0.15, -0.1) is 0 Å². The number of aliphatic hydroxyl groups is 1. The number of hydrazone groups is 1. The summed E-state index contributed by atoms with van der Waals surface area (Å²) < 4.78 is 40.6. The summed E-state index contributed by atoms with van der Waals surface area (Å²) >= 11 is 3.19. The molecule has 1 N–H and O–H groups in total. The van der Waals surface area contributed by atoms with Crippen molar-refractivity contribution in [1.82, 2.24) is 5.01 Å². The van der Waals surface area contributed by atoms with Crippen LogP contribution in [0, 0.1) is 0 Å². The quantitative estimate of drug-likeness (QED) is 0.838. The second-order valence-corrected chi connectivity index (χ2v) is 6.30. The topological polar surface area (TPSA) is 52.9 Å². The van der Waals surface area contributed by atoms with Gasteiger partial charge in [0.05, 0.1) is 0 Å². The Kier molecular flexibility index (Phi) is 5.15. The molecule has 23 heavy (non-hydrogen) atoms. The van der Waals surface area contributed by atoms with E-state index in [0.29, 0.717) is 17.3 Å². The molecule has 126 valence electrons. The van der Waals surface area contributed by atoms with E-state index in [-0.39, 0.29) is 16.3 Å². The molecule has 0 fully saturated rings. The average Bonchev–Trinajstić information content (AvgIpc) is 2.83. The minimum absolute atomic E-state index is 0.0244. The molecule has 1 aliphatic rings. The molecule has 0 saturated carbocycles. The molecular weight excluding hydrogens is 377 g/mol. The number of hydrogen-bond acceptors (Lipinski definition) is 3. The van der Waals surface area contributed by atoms with Crippen LogP contribution >= 0.6 is 15.9 Å². The van der Waals surface area contributed by atoms with Gasteiger partial charge in [0.25, 0.3) is 11.6 Å². The van der Waals surface area contributed by atoms with Gasteiger partial charge in [0.2, 0.25) is 0 Å². The number of rotatable bonds is 4. The first-order valence-electron chi connectivity index (χ1n) is 7.14. The van der Waals surface area contributed by atoms with Crippen LogP contribution in [0.3, 0.4) is 0 Å². The monoisotopic (exact) mass is 392 g/mol. The van der Waals surface area contributed by atoms with Crippen LogP contribution in [0.25, 0.3) is 0 Å². The first kappa shape index (κ1) is 17.9. The van der Waals surface area contributed by atoms with Gasteiger partial charge in [-0.1, -0.05) is 29.3 Å². The molecule has 0 aromatic heterocycles. The van der Waals surface area contributed by atoms with Gasteiger partial charge >= 0.3 is 6.18 Å². The van der Waals surface area contributed by atoms with Gasteiger partial charge in [0.15, 0.2) is 0 Å². The van der Waals surface area contributed by atoms with Crippen LogP contribution in [0.1, 0.15) is 43.0 Å². The fraction of sp³-hybridized carbons (Fsp3) is 0.467. The minimum Gasteiger partial charge on any atom is -0.362 e. The zero-order valence-corrected chi connectivity index (χ0v) is 14.0. The van der Waals surface area contributed by atoms with E-state index in [2.05, 4.69) is 21.0 Å². The van der Waals surface area contributed by atoms with Crippen molar-refractivity contribution in [3.8, 4) is 0 Å². The molecule has 0 spiro atoms. The lowest BCUT2D eigenvalue weighted by Gasteiger charge is -2.32. The van der Waals surface area contributed by atoms with Crippen LogP contribution in [-0.2, 0) is 0 Å². The maximum absolute atomic E-state index is 13.3. The summed E-state index contributed by atoms with van der Waals surface area (Å²) in [6.07, 6.45) is -3.95. The second-order valence-electron chi connectivity index (χ2n) is 5.38. The zero-order chi connectivity index (χ0) is 17.3. The Morgan fingerprint density at radius 2 is 2.00 bits per heavy atom. The molecule has 1 atom stereocenters. The van der Waals surface area contributed by atoms with E-state index in [4.69, 9.17) is 0 Å². The predicted octanol–water partition coefficient (Wildman–Crippen LogP) is 4.09. The summed E-state index contributed by atoms with van der Waals surface area (Å²) in [4.78, 5) is 12.4. The number of hydrogen-bond donors (Lipinski definition) is 1. The van der Waals surface area contributed by atoms with Gasteiger partial charge in [-0.25, -0.2) is 0 Å². The van der Waals surface area contributed by atoms with Gasteiger partial charge in [-0.3, -0.25) is 4.79 Å². The Labute approximate surface area is 140 Å². The van der Waals surface area contributed by atoms with E-state index in [0.717, 1.165) is 6.42 Å². The summed E-state index contributed by atoms with van der Waals surface area (Å²) in [7, 11) is 0. The molecule has 8 heteroatoms. The summed E-state index contributed by atoms with van der Waals surface area (Å²) in [5.41, 5.74) is -3.09. The van der Waals surface area contributed by atoms with Crippen molar-refractivity contribution in [2.24, 2.45) is 5.10 Å². The van der Waals surface area contributed by atoms with Gasteiger partial charge < -0.3 is 5.11 Å². The van der Waals surface area contributed by atoms with Gasteiger partial charge in [-0.2, -0.15) is 23.3 Å². The maximum atomic E-state index is 13.3. The largest absolute Gasteiger partial charge is 0.438 e. The summed E-state index contributed by atoms with van der Waals surface area (Å²) in [6, 6.07) is 5.83. The lowest BCUT2D eigenvalue weighted by atomic mass is 10.0. The molecule has 1 aromatic carbocycles. The van der Waals surface area contributed by atoms with Crippen molar-refractivity contribution in [3.63, 3.8) is 0 Å². The molecule has 1 unspecified atom stereocenters. The molecule has 4 nitrogen and oxygen atoms in total. The zero-order valence-electron chi connectivity index (χ0n) is 12.4. The smallest absolute Gasteiger partial charge is 0.362 e. The van der Waals surface area contributed by atoms with Crippen molar-refractivity contribution in [1.29, 1.82) is 0 Å². The number of benzene rings is 1. The van der Waals surface area contributed by atoms with Crippen LogP contribution in [0.4, 0.5) is 13.2 Å². The molecule has 0 saturated heterocycles. The molecule has 0 aliphatic carbocycles. The lowest BCUT2D eigenvalue weighted by Crippen LogP contribution is -2.56. The molecule has 1 heterocycles. The Morgan fingerprint density at radius 1 is 1.39 bits per heavy atom. The molecule has 1 aromatic rings. The molecule has 1 amide bonds. The number of carbonyl (C=O) groups excluding carboxylic acids is 1. The SMILES string of the molecule is CCCCC1=NN(C(=O)c2ccc(Br)cc2)C(O)(C(F)(F)F)C1. The van der Waals surface area contributed by atoms with E-state index in [9.17, 15) is 23.1 Å². The summed E-state index contributed by atoms with van der Waals surface area (Å²) in [6.45, 7) is 1.90. The molecule has 0 bridgehead atoms. The number of nitrogens with zero attached hydrogens (tertiary/aromatic N) is 2. The van der Waals surface area contributed by atoms with Gasteiger partial charge in [0, 0.05) is 22.2 Å². The molecule has 1 aliphatic heterocycles. The number of halogens is 4. The summed E-state index contributed by atoms with van der Waals surface area (Å²) in [5, 5.41) is 14.0. The lowest BCUT2D eigenvalue weighted by molar-refractivity contribution is -0.297. The van der Waals surface area contributed by atoms with Crippen LogP contribution in [-0.4, -0.2) is 33.6 Å². The van der Waals surface area contributed by atoms with Crippen molar-refractivity contribution < 1.29 is 23.1 Å². The number of amides is 1. The van der Waals surface area contributed by atoms with Gasteiger partial charge in [0.1, 0.15) is 0 Å². The third-order valence-electron chi connectivity index (χ3n) is 3.60. The first-order chi connectivity index (χ1) is 10.7. The maximum Gasteiger partial charge on any atom is 0.438 e. The van der Waals surface area contributed by atoms with E-state index in [1.54, 1.807) is 0 Å². The van der Waals surface area contributed by atoms with Crippen LogP contribution < -0.4 is 0 Å². The second kappa shape index (κ2) is 6.60. The number of unbranched alkanes of at least 4 members (excludes halogenated alkanes) is 1. The molecule has 0 radical (unpaired) electrons. The Bertz CT molecular complexity index is 616. The van der Waals surface area contributed by atoms with Crippen molar-refractivity contribution in [3.05, 3.63) is 34.3 Å². The molecular formula is C15H16BrF3N2O2. The third-order valence-corrected chi connectivity index (χ3v) is 4.13. The van der Waals surface area contributed by atoms with E-state index >= 15 is 0 Å². The fourth-order valence-corrected chi connectivity index (χ4v) is 2.55. The van der Waals surface area contributed by atoms with Crippen LogP contribution in [0.15, 0.2) is 33.8 Å². The fourth-order valence-electron chi connectivity index (χ4n) is 2.29. The highest BCUT2D eigenvalue weighted by Crippen LogP contribution is 2.41. The Balaban J connectivity index is 2.35. The number of alkyl halides is 3. The highest BCUT2D eigenvalue weighted by Gasteiger charge is 2.63. The number of carbonyl (C=O) groups is 1. The van der Waals surface area contributed by atoms with E-state index < -0.39 is 24.2 Å². The van der Waals surface area contributed by atoms with Crippen LogP contribution in [0.5, 0.6) is 0 Å². The standard InChI is InChI=1S/C15H16BrF3N2O2/c1-2-3-4-12-9-14(23,15(17,18)19)21(20-12)13(22)10-5-7-11(16)8-6-10/h5-8,23H,2-4,9H2,1H3.